The molecule has 1 unspecified atom stereocenters. The monoisotopic (exact) mass is 293 g/mol. The molecule has 0 aromatic heterocycles. The summed E-state index contributed by atoms with van der Waals surface area (Å²) in [6.07, 6.45) is 0. The second-order valence-corrected chi connectivity index (χ2v) is 5.27. The highest BCUT2D eigenvalue weighted by Gasteiger charge is 2.32. The topological polar surface area (TPSA) is 71.0 Å². The number of amides is 2. The number of carbonyl (C=O) groups excluding carboxylic acids is 2. The lowest BCUT2D eigenvalue weighted by Crippen LogP contribution is -2.25. The van der Waals surface area contributed by atoms with E-state index in [1.807, 2.05) is 24.3 Å². The number of ether oxygens (including phenoxy) is 1. The van der Waals surface area contributed by atoms with Crippen LogP contribution in [0.25, 0.3) is 0 Å². The minimum Gasteiger partial charge on any atom is -0.497 e. The smallest absolute Gasteiger partial charge is 0.241 e. The molecule has 7 heteroatoms. The molecule has 6 nitrogen and oxygen atoms in total. The Balaban J connectivity index is 2.27. The number of hydrogen-bond donors (Lipinski definition) is 1. The van der Waals surface area contributed by atoms with Gasteiger partial charge >= 0.3 is 0 Å². The van der Waals surface area contributed by atoms with Gasteiger partial charge in [-0.1, -0.05) is 23.9 Å². The van der Waals surface area contributed by atoms with Crippen LogP contribution in [-0.4, -0.2) is 29.1 Å². The van der Waals surface area contributed by atoms with Gasteiger partial charge in [0.25, 0.3) is 0 Å². The largest absolute Gasteiger partial charge is 0.497 e. The molecule has 2 amide bonds. The van der Waals surface area contributed by atoms with E-state index in [2.05, 4.69) is 10.4 Å². The van der Waals surface area contributed by atoms with E-state index in [1.165, 1.54) is 30.6 Å². The predicted octanol–water partition coefficient (Wildman–Crippen LogP) is 1.70. The summed E-state index contributed by atoms with van der Waals surface area (Å²) in [7, 11) is 1.59. The van der Waals surface area contributed by atoms with Crippen molar-refractivity contribution in [2.45, 2.75) is 19.2 Å². The average Bonchev–Trinajstić information content (AvgIpc) is 2.82. The van der Waals surface area contributed by atoms with Gasteiger partial charge in [0.05, 0.1) is 7.11 Å². The van der Waals surface area contributed by atoms with Gasteiger partial charge in [0.1, 0.15) is 11.1 Å². The second kappa shape index (κ2) is 5.96. The average molecular weight is 293 g/mol. The lowest BCUT2D eigenvalue weighted by molar-refractivity contribution is -0.129. The minimum atomic E-state index is -0.301. The maximum Gasteiger partial charge on any atom is 0.241 e. The van der Waals surface area contributed by atoms with Crippen molar-refractivity contribution in [1.82, 2.24) is 10.3 Å². The second-order valence-electron chi connectivity index (χ2n) is 4.20. The maximum absolute atomic E-state index is 11.7. The summed E-state index contributed by atoms with van der Waals surface area (Å²) in [5.74, 6) is 0.302. The van der Waals surface area contributed by atoms with Gasteiger partial charge < -0.3 is 10.1 Å². The van der Waals surface area contributed by atoms with Crippen molar-refractivity contribution in [3.63, 3.8) is 0 Å². The molecule has 0 radical (unpaired) electrons. The molecule has 1 heterocycles. The van der Waals surface area contributed by atoms with Crippen LogP contribution in [0.15, 0.2) is 29.4 Å². The Labute approximate surface area is 121 Å². The number of benzene rings is 1. The summed E-state index contributed by atoms with van der Waals surface area (Å²) >= 11 is 1.32. The molecule has 0 saturated heterocycles. The van der Waals surface area contributed by atoms with Crippen LogP contribution in [0.5, 0.6) is 5.75 Å². The van der Waals surface area contributed by atoms with Crippen molar-refractivity contribution in [3.05, 3.63) is 29.8 Å². The number of nitrogens with one attached hydrogen (secondary N) is 1. The molecular formula is C13H15N3O3S. The molecule has 0 saturated carbocycles. The molecule has 1 aromatic rings. The molecule has 1 atom stereocenters. The highest BCUT2D eigenvalue weighted by Crippen LogP contribution is 2.39. The molecule has 1 aliphatic rings. The zero-order valence-electron chi connectivity index (χ0n) is 11.4. The Bertz CT molecular complexity index is 574. The first-order chi connectivity index (χ1) is 9.51. The third-order valence-corrected chi connectivity index (χ3v) is 3.73. The number of carbonyl (C=O) groups is 2. The van der Waals surface area contributed by atoms with Crippen molar-refractivity contribution in [3.8, 4) is 5.75 Å². The third-order valence-electron chi connectivity index (χ3n) is 2.63. The van der Waals surface area contributed by atoms with Gasteiger partial charge in [-0.05, 0) is 17.7 Å². The number of rotatable bonds is 2. The zero-order valence-corrected chi connectivity index (χ0v) is 12.2. The van der Waals surface area contributed by atoms with Gasteiger partial charge in [-0.25, -0.2) is 5.01 Å². The van der Waals surface area contributed by atoms with E-state index in [0.717, 1.165) is 5.56 Å². The first-order valence-electron chi connectivity index (χ1n) is 5.98. The van der Waals surface area contributed by atoms with Gasteiger partial charge in [0.15, 0.2) is 5.17 Å². The Morgan fingerprint density at radius 2 is 2.15 bits per heavy atom. The number of amidine groups is 1. The summed E-state index contributed by atoms with van der Waals surface area (Å²) in [6, 6.07) is 7.42. The third kappa shape index (κ3) is 3.11. The number of nitrogens with zero attached hydrogens (tertiary/aromatic N) is 2. The van der Waals surface area contributed by atoms with Crippen LogP contribution in [0.3, 0.4) is 0 Å². The Hall–Kier alpha value is -2.02. The summed E-state index contributed by atoms with van der Waals surface area (Å²) in [5.41, 5.74) is 0.883. The number of hydrogen-bond acceptors (Lipinski definition) is 5. The Morgan fingerprint density at radius 1 is 1.40 bits per heavy atom. The fraction of sp³-hybridized carbons (Fsp3) is 0.308. The van der Waals surface area contributed by atoms with E-state index in [-0.39, 0.29) is 17.2 Å². The Morgan fingerprint density at radius 3 is 2.75 bits per heavy atom. The standard InChI is InChI=1S/C13H15N3O3S/c1-8(17)14-13-15-16(9(2)18)12(20-13)10-5-4-6-11(7-10)19-3/h4-7,12H,1-3H3,(H,14,15,17). The fourth-order valence-electron chi connectivity index (χ4n) is 1.77. The quantitative estimate of drug-likeness (QED) is 0.901. The van der Waals surface area contributed by atoms with Crippen LogP contribution in [0, 0.1) is 0 Å². The minimum absolute atomic E-state index is 0.189. The van der Waals surface area contributed by atoms with Gasteiger partial charge in [0.2, 0.25) is 11.8 Å². The van der Waals surface area contributed by atoms with E-state index in [1.54, 1.807) is 7.11 Å². The predicted molar refractivity (Wildman–Crippen MR) is 77.1 cm³/mol. The van der Waals surface area contributed by atoms with E-state index in [4.69, 9.17) is 4.74 Å². The summed E-state index contributed by atoms with van der Waals surface area (Å²) < 4.78 is 5.18. The van der Waals surface area contributed by atoms with Gasteiger partial charge in [-0.2, -0.15) is 0 Å². The van der Waals surface area contributed by atoms with Crippen molar-refractivity contribution < 1.29 is 14.3 Å². The van der Waals surface area contributed by atoms with Crippen LogP contribution in [-0.2, 0) is 9.59 Å². The normalized spacial score (nSPS) is 17.6. The van der Waals surface area contributed by atoms with Crippen LogP contribution >= 0.6 is 11.8 Å². The molecule has 0 aliphatic carbocycles. The maximum atomic E-state index is 11.7. The number of thioether (sulfide) groups is 1. The Kier molecular flexibility index (Phi) is 4.29. The highest BCUT2D eigenvalue weighted by atomic mass is 32.2. The van der Waals surface area contributed by atoms with Gasteiger partial charge in [0, 0.05) is 13.8 Å². The molecule has 2 rings (SSSR count). The van der Waals surface area contributed by atoms with Crippen LogP contribution in [0.2, 0.25) is 0 Å². The fourth-order valence-corrected chi connectivity index (χ4v) is 2.90. The molecular weight excluding hydrogens is 278 g/mol. The molecule has 1 N–H and O–H groups in total. The molecule has 1 aromatic carbocycles. The molecule has 0 spiro atoms. The first kappa shape index (κ1) is 14.4. The number of methoxy groups -OCH3 is 1. The summed E-state index contributed by atoms with van der Waals surface area (Å²) in [5, 5.41) is 8.20. The summed E-state index contributed by atoms with van der Waals surface area (Å²) in [6.45, 7) is 2.84. The van der Waals surface area contributed by atoms with Gasteiger partial charge in [-0.3, -0.25) is 9.59 Å². The van der Waals surface area contributed by atoms with Gasteiger partial charge in [-0.15, -0.1) is 5.10 Å². The van der Waals surface area contributed by atoms with E-state index < -0.39 is 0 Å². The SMILES string of the molecule is COc1cccc(C2SC(NC(C)=O)=NN2C(C)=O)c1. The van der Waals surface area contributed by atoms with E-state index in [9.17, 15) is 9.59 Å². The first-order valence-corrected chi connectivity index (χ1v) is 6.86. The molecule has 20 heavy (non-hydrogen) atoms. The number of hydrazone groups is 1. The molecule has 0 bridgehead atoms. The van der Waals surface area contributed by atoms with Crippen LogP contribution in [0.4, 0.5) is 0 Å². The van der Waals surface area contributed by atoms with E-state index >= 15 is 0 Å². The molecule has 106 valence electrons. The van der Waals surface area contributed by atoms with Crippen LogP contribution < -0.4 is 10.1 Å². The summed E-state index contributed by atoms with van der Waals surface area (Å²) in [4.78, 5) is 22.8. The van der Waals surface area contributed by atoms with E-state index in [0.29, 0.717) is 10.9 Å². The highest BCUT2D eigenvalue weighted by molar-refractivity contribution is 8.14. The molecule has 0 fully saturated rings. The molecule has 1 aliphatic heterocycles. The zero-order chi connectivity index (χ0) is 14.7. The van der Waals surface area contributed by atoms with Crippen molar-refractivity contribution in [2.75, 3.05) is 7.11 Å². The van der Waals surface area contributed by atoms with Crippen molar-refractivity contribution in [1.29, 1.82) is 0 Å². The van der Waals surface area contributed by atoms with Crippen molar-refractivity contribution >= 4 is 28.7 Å². The lowest BCUT2D eigenvalue weighted by Gasteiger charge is -2.19. The van der Waals surface area contributed by atoms with Crippen molar-refractivity contribution in [2.24, 2.45) is 5.10 Å². The lowest BCUT2D eigenvalue weighted by atomic mass is 10.2. The van der Waals surface area contributed by atoms with Crippen LogP contribution in [0.1, 0.15) is 24.8 Å².